The first kappa shape index (κ1) is 11.3. The van der Waals surface area contributed by atoms with Gasteiger partial charge in [-0.1, -0.05) is 6.92 Å². The van der Waals surface area contributed by atoms with Gasteiger partial charge in [0.25, 0.3) is 0 Å². The van der Waals surface area contributed by atoms with Gasteiger partial charge in [0.15, 0.2) is 0 Å². The summed E-state index contributed by atoms with van der Waals surface area (Å²) < 4.78 is 5.31. The van der Waals surface area contributed by atoms with Gasteiger partial charge in [-0.15, -0.1) is 0 Å². The van der Waals surface area contributed by atoms with Crippen LogP contribution in [-0.2, 0) is 4.74 Å². The van der Waals surface area contributed by atoms with E-state index in [0.717, 1.165) is 19.0 Å². The van der Waals surface area contributed by atoms with Crippen molar-refractivity contribution in [1.29, 1.82) is 0 Å². The molecule has 0 aromatic heterocycles. The first-order valence-corrected chi connectivity index (χ1v) is 5.33. The summed E-state index contributed by atoms with van der Waals surface area (Å²) in [6, 6.07) is 0.514. The fraction of sp³-hybridized carbons (Fsp3) is 1.00. The molecule has 0 saturated carbocycles. The smallest absolute Gasteiger partial charge is 0.0627 e. The van der Waals surface area contributed by atoms with Gasteiger partial charge in [0.05, 0.1) is 6.61 Å². The molecule has 68 valence electrons. The van der Waals surface area contributed by atoms with Crippen LogP contribution in [0.15, 0.2) is 0 Å². The van der Waals surface area contributed by atoms with Gasteiger partial charge in [0.2, 0.25) is 0 Å². The number of thioether (sulfide) groups is 1. The van der Waals surface area contributed by atoms with Crippen molar-refractivity contribution in [3.05, 3.63) is 0 Å². The van der Waals surface area contributed by atoms with Gasteiger partial charge in [0, 0.05) is 18.4 Å². The van der Waals surface area contributed by atoms with Gasteiger partial charge in [0.1, 0.15) is 0 Å². The van der Waals surface area contributed by atoms with E-state index in [0.29, 0.717) is 6.04 Å². The second-order valence-electron chi connectivity index (χ2n) is 2.30. The van der Waals surface area contributed by atoms with Crippen LogP contribution in [0.2, 0.25) is 0 Å². The van der Waals surface area contributed by atoms with E-state index in [2.05, 4.69) is 12.2 Å². The Bertz CT molecular complexity index is 72.5. The Morgan fingerprint density at radius 3 is 2.64 bits per heavy atom. The summed E-state index contributed by atoms with van der Waals surface area (Å²) in [4.78, 5) is 0. The lowest BCUT2D eigenvalue weighted by atomic mass is 10.4. The third-order valence-electron chi connectivity index (χ3n) is 1.45. The van der Waals surface area contributed by atoms with Crippen molar-refractivity contribution in [2.75, 3.05) is 31.8 Å². The minimum absolute atomic E-state index is 0.514. The molecule has 0 rings (SSSR count). The molecule has 0 bridgehead atoms. The maximum Gasteiger partial charge on any atom is 0.0627 e. The van der Waals surface area contributed by atoms with E-state index < -0.39 is 0 Å². The van der Waals surface area contributed by atoms with E-state index in [1.54, 1.807) is 0 Å². The number of likely N-dealkylation sites (N-methyl/N-ethyl adjacent to an activating group) is 1. The molecule has 0 aliphatic rings. The zero-order chi connectivity index (χ0) is 8.53. The Balaban J connectivity index is 3.25. The minimum atomic E-state index is 0.514. The largest absolute Gasteiger partial charge is 0.380 e. The third kappa shape index (κ3) is 6.66. The number of rotatable bonds is 7. The Labute approximate surface area is 74.1 Å². The normalized spacial score (nSPS) is 13.4. The number of nitrogens with one attached hydrogen (secondary N) is 1. The molecule has 0 amide bonds. The molecule has 0 heterocycles. The van der Waals surface area contributed by atoms with Crippen LogP contribution in [0.25, 0.3) is 0 Å². The molecule has 3 heteroatoms. The van der Waals surface area contributed by atoms with E-state index in [9.17, 15) is 0 Å². The highest BCUT2D eigenvalue weighted by molar-refractivity contribution is 7.99. The van der Waals surface area contributed by atoms with Crippen molar-refractivity contribution in [3.8, 4) is 0 Å². The van der Waals surface area contributed by atoms with Crippen LogP contribution in [0.1, 0.15) is 13.8 Å². The Kier molecular flexibility index (Phi) is 8.57. The lowest BCUT2D eigenvalue weighted by Crippen LogP contribution is -2.32. The summed E-state index contributed by atoms with van der Waals surface area (Å²) in [6.45, 7) is 5.85. The number of ether oxygens (including phenoxy) is 1. The summed E-state index contributed by atoms with van der Waals surface area (Å²) in [7, 11) is 1.99. The van der Waals surface area contributed by atoms with Crippen LogP contribution in [0.3, 0.4) is 0 Å². The van der Waals surface area contributed by atoms with Crippen molar-refractivity contribution < 1.29 is 4.74 Å². The molecule has 0 aliphatic heterocycles. The number of hydrogen-bond donors (Lipinski definition) is 1. The highest BCUT2D eigenvalue weighted by Gasteiger charge is 2.03. The lowest BCUT2D eigenvalue weighted by molar-refractivity contribution is 0.131. The molecule has 0 aliphatic carbocycles. The summed E-state index contributed by atoms with van der Waals surface area (Å²) in [5.74, 6) is 2.33. The fourth-order valence-corrected chi connectivity index (χ4v) is 1.52. The van der Waals surface area contributed by atoms with Crippen LogP contribution < -0.4 is 5.32 Å². The van der Waals surface area contributed by atoms with Crippen molar-refractivity contribution >= 4 is 11.8 Å². The third-order valence-corrected chi connectivity index (χ3v) is 2.50. The maximum atomic E-state index is 5.31. The second-order valence-corrected chi connectivity index (χ2v) is 3.62. The van der Waals surface area contributed by atoms with Gasteiger partial charge >= 0.3 is 0 Å². The summed E-state index contributed by atoms with van der Waals surface area (Å²) in [6.07, 6.45) is 0. The zero-order valence-corrected chi connectivity index (χ0v) is 8.54. The van der Waals surface area contributed by atoms with Crippen molar-refractivity contribution in [3.63, 3.8) is 0 Å². The average molecular weight is 177 g/mol. The van der Waals surface area contributed by atoms with Gasteiger partial charge in [-0.25, -0.2) is 0 Å². The van der Waals surface area contributed by atoms with E-state index in [1.807, 2.05) is 25.7 Å². The molecule has 0 saturated heterocycles. The average Bonchev–Trinajstić information content (AvgIpc) is 2.05. The van der Waals surface area contributed by atoms with E-state index in [1.165, 1.54) is 5.75 Å². The first-order valence-electron chi connectivity index (χ1n) is 4.17. The molecule has 2 nitrogen and oxygen atoms in total. The molecule has 0 radical (unpaired) electrons. The molecule has 11 heavy (non-hydrogen) atoms. The SMILES string of the molecule is CCOCC(CSCC)NC. The predicted octanol–water partition coefficient (Wildman–Crippen LogP) is 1.36. The predicted molar refractivity (Wildman–Crippen MR) is 52.3 cm³/mol. The fourth-order valence-electron chi connectivity index (χ4n) is 0.735. The molecule has 0 fully saturated rings. The molecular weight excluding hydrogens is 158 g/mol. The topological polar surface area (TPSA) is 21.3 Å². The lowest BCUT2D eigenvalue weighted by Gasteiger charge is -2.14. The van der Waals surface area contributed by atoms with Crippen molar-refractivity contribution in [1.82, 2.24) is 5.32 Å². The van der Waals surface area contributed by atoms with Crippen molar-refractivity contribution in [2.24, 2.45) is 0 Å². The number of hydrogen-bond acceptors (Lipinski definition) is 3. The van der Waals surface area contributed by atoms with Gasteiger partial charge in [-0.3, -0.25) is 0 Å². The molecule has 0 spiro atoms. The molecule has 1 unspecified atom stereocenters. The van der Waals surface area contributed by atoms with E-state index in [4.69, 9.17) is 4.74 Å². The summed E-state index contributed by atoms with van der Waals surface area (Å²) in [5, 5.41) is 3.23. The quantitative estimate of drug-likeness (QED) is 0.634. The van der Waals surface area contributed by atoms with Crippen LogP contribution in [-0.4, -0.2) is 37.8 Å². The second kappa shape index (κ2) is 8.37. The van der Waals surface area contributed by atoms with Gasteiger partial charge < -0.3 is 10.1 Å². The Hall–Kier alpha value is 0.270. The zero-order valence-electron chi connectivity index (χ0n) is 7.72. The van der Waals surface area contributed by atoms with Crippen LogP contribution in [0.5, 0.6) is 0 Å². The van der Waals surface area contributed by atoms with Crippen molar-refractivity contribution in [2.45, 2.75) is 19.9 Å². The monoisotopic (exact) mass is 177 g/mol. The standard InChI is InChI=1S/C8H19NOS/c1-4-10-6-8(9-3)7-11-5-2/h8-9H,4-7H2,1-3H3. The molecular formula is C8H19NOS. The van der Waals surface area contributed by atoms with Crippen LogP contribution in [0.4, 0.5) is 0 Å². The van der Waals surface area contributed by atoms with Gasteiger partial charge in [-0.2, -0.15) is 11.8 Å². The van der Waals surface area contributed by atoms with Gasteiger partial charge in [-0.05, 0) is 19.7 Å². The Morgan fingerprint density at radius 2 is 2.18 bits per heavy atom. The van der Waals surface area contributed by atoms with E-state index >= 15 is 0 Å². The van der Waals surface area contributed by atoms with Crippen LogP contribution in [0, 0.1) is 0 Å². The summed E-state index contributed by atoms with van der Waals surface area (Å²) in [5.41, 5.74) is 0. The molecule has 1 N–H and O–H groups in total. The Morgan fingerprint density at radius 1 is 1.45 bits per heavy atom. The van der Waals surface area contributed by atoms with Crippen LogP contribution >= 0.6 is 11.8 Å². The maximum absolute atomic E-state index is 5.31. The first-order chi connectivity index (χ1) is 5.35. The molecule has 1 atom stereocenters. The highest BCUT2D eigenvalue weighted by Crippen LogP contribution is 2.01. The minimum Gasteiger partial charge on any atom is -0.380 e. The van der Waals surface area contributed by atoms with E-state index in [-0.39, 0.29) is 0 Å². The molecule has 0 aromatic carbocycles. The molecule has 0 aromatic rings. The highest BCUT2D eigenvalue weighted by atomic mass is 32.2. The summed E-state index contributed by atoms with van der Waals surface area (Å²) >= 11 is 1.95.